The van der Waals surface area contributed by atoms with E-state index in [4.69, 9.17) is 0 Å². The van der Waals surface area contributed by atoms with E-state index in [9.17, 15) is 0 Å². The minimum Gasteiger partial charge on any atom is -0.412 e. The predicted octanol–water partition coefficient (Wildman–Crippen LogP) is -5.29. The zero-order valence-corrected chi connectivity index (χ0v) is 9.63. The summed E-state index contributed by atoms with van der Waals surface area (Å²) in [6, 6.07) is 0. The summed E-state index contributed by atoms with van der Waals surface area (Å²) >= 11 is 8.53. The fourth-order valence-corrected chi connectivity index (χ4v) is 0. The van der Waals surface area contributed by atoms with E-state index in [-0.39, 0.29) is 70.0 Å². The largest absolute Gasteiger partial charge is 0.412 e. The number of hydrogen-bond acceptors (Lipinski definition) is 1. The van der Waals surface area contributed by atoms with Crippen molar-refractivity contribution in [2.24, 2.45) is 0 Å². The van der Waals surface area contributed by atoms with E-state index in [0.29, 0.717) is 0 Å². The summed E-state index contributed by atoms with van der Waals surface area (Å²) in [7, 11) is 0. The maximum absolute atomic E-state index is 4.26. The Bertz CT molecular complexity index is 12.5. The van der Waals surface area contributed by atoms with Crippen LogP contribution >= 0.6 is 23.7 Å². The van der Waals surface area contributed by atoms with Crippen molar-refractivity contribution in [3.63, 3.8) is 0 Å². The molecule has 0 amide bonds. The Morgan fingerprint density at radius 3 is 0.500 bits per heavy atom. The smallest absolute Gasteiger partial charge is 0.0832 e. The van der Waals surface area contributed by atoms with E-state index in [0.717, 1.165) is 0 Å². The van der Waals surface area contributed by atoms with Gasteiger partial charge in [-0.05, 0) is 0 Å². The molecule has 16 N–H and O–H groups in total. The molecule has 0 aliphatic carbocycles. The molecule has 0 radical (unpaired) electrons. The molecular weight excluding hydrogens is 306 g/mol. The van der Waals surface area contributed by atoms with Crippen molar-refractivity contribution in [3.8, 4) is 0 Å². The van der Waals surface area contributed by atoms with Crippen LogP contribution in [0.4, 0.5) is 0 Å². The van der Waals surface area contributed by atoms with Crippen molar-refractivity contribution in [2.45, 2.75) is 0 Å². The van der Waals surface area contributed by atoms with Crippen molar-refractivity contribution in [1.29, 1.82) is 0 Å². The first-order valence-electron chi connectivity index (χ1n) is 0.309. The monoisotopic (exact) mass is 320 g/mol. The van der Waals surface area contributed by atoms with Gasteiger partial charge in [-0.25, -0.2) is 0 Å². The molecule has 0 bridgehead atoms. The van der Waals surface area contributed by atoms with Gasteiger partial charge in [-0.15, -0.1) is 0 Å². The summed E-state index contributed by atoms with van der Waals surface area (Å²) in [5.74, 6) is 0. The van der Waals surface area contributed by atoms with Crippen molar-refractivity contribution in [1.82, 2.24) is 0 Å². The normalized spacial score (nSPS) is 1.50. The molecule has 9 nitrogen and oxygen atoms in total. The van der Waals surface area contributed by atoms with Gasteiger partial charge in [-0.2, -0.15) is 3.84 Å². The van der Waals surface area contributed by atoms with Gasteiger partial charge in [-0.1, -0.05) is 0 Å². The summed E-state index contributed by atoms with van der Waals surface area (Å²) in [5, 5.41) is 0. The molecule has 0 aliphatic heterocycles. The second-order valence-corrected chi connectivity index (χ2v) is 0.525. The molecule has 0 aromatic rings. The zero-order valence-electron chi connectivity index (χ0n) is 5.66. The van der Waals surface area contributed by atoms with Crippen LogP contribution in [0.3, 0.4) is 0 Å². The summed E-state index contributed by atoms with van der Waals surface area (Å²) < 4.78 is 3.19. The third-order valence-electron chi connectivity index (χ3n) is 0. The van der Waals surface area contributed by atoms with Crippen LogP contribution in [-0.2, 0) is 30.0 Å². The van der Waals surface area contributed by atoms with Gasteiger partial charge in [0.2, 0.25) is 0 Å². The third kappa shape index (κ3) is 931. The number of rotatable bonds is 0. The summed E-state index contributed by atoms with van der Waals surface area (Å²) in [4.78, 5) is 0. The average molecular weight is 322 g/mol. The van der Waals surface area contributed by atoms with E-state index in [2.05, 4.69) is 27.6 Å². The molecule has 0 rings (SSSR count). The summed E-state index contributed by atoms with van der Waals surface area (Å²) in [6.07, 6.45) is 0. The first-order chi connectivity index (χ1) is 1.41. The molecule has 0 aliphatic rings. The van der Waals surface area contributed by atoms with Gasteiger partial charge in [0.15, 0.2) is 0 Å². The minimum atomic E-state index is 0. The van der Waals surface area contributed by atoms with Crippen LogP contribution < -0.4 is 0 Å². The zero-order chi connectivity index (χ0) is 2.71. The molecule has 0 aromatic heterocycles. The van der Waals surface area contributed by atoms with Crippen LogP contribution in [0.5, 0.6) is 0 Å². The molecule has 0 aromatic carbocycles. The van der Waals surface area contributed by atoms with Gasteiger partial charge in [0, 0.05) is 26.2 Å². The van der Waals surface area contributed by atoms with Crippen LogP contribution in [-0.4, -0.2) is 43.8 Å². The average Bonchev–Trinajstić information content (AvgIpc) is 0.918. The first kappa shape index (κ1) is 199. The van der Waals surface area contributed by atoms with Crippen LogP contribution in [0, 0.1) is 0 Å². The second kappa shape index (κ2) is 337. The van der Waals surface area contributed by atoms with E-state index in [1.54, 1.807) is 0 Å². The van der Waals surface area contributed by atoms with Crippen molar-refractivity contribution in [2.75, 3.05) is 0 Å². The van der Waals surface area contributed by atoms with E-state index < -0.39 is 0 Å². The van der Waals surface area contributed by atoms with Crippen LogP contribution in [0.1, 0.15) is 0 Å². The molecule has 0 saturated carbocycles. The third-order valence-corrected chi connectivity index (χ3v) is 0. The molecule has 0 unspecified atom stereocenters. The second-order valence-electron chi connectivity index (χ2n) is 0.0583. The molecule has 88 valence electrons. The Balaban J connectivity index is -0.000000000556. The van der Waals surface area contributed by atoms with Gasteiger partial charge in [0.05, 0.1) is 23.7 Å². The maximum Gasteiger partial charge on any atom is 0.0832 e. The quantitative estimate of drug-likeness (QED) is 0.415. The minimum absolute atomic E-state index is 0. The molecular formula is H16Cl2O9Zr. The van der Waals surface area contributed by atoms with Crippen molar-refractivity contribution < 1.29 is 73.9 Å². The predicted molar refractivity (Wildman–Crippen MR) is 41.7 cm³/mol. The van der Waals surface area contributed by atoms with E-state index >= 15 is 0 Å². The Morgan fingerprint density at radius 2 is 0.500 bits per heavy atom. The molecule has 0 spiro atoms. The van der Waals surface area contributed by atoms with Gasteiger partial charge >= 0.3 is 0 Å². The molecule has 0 saturated heterocycles. The fourth-order valence-electron chi connectivity index (χ4n) is 0. The summed E-state index contributed by atoms with van der Waals surface area (Å²) in [6.45, 7) is 0. The number of hydrogen-bond donors (Lipinski definition) is 0. The van der Waals surface area contributed by atoms with E-state index in [1.165, 1.54) is 0 Å². The van der Waals surface area contributed by atoms with Crippen molar-refractivity contribution in [3.05, 3.63) is 0 Å². The van der Waals surface area contributed by atoms with Crippen molar-refractivity contribution >= 4 is 23.7 Å². The van der Waals surface area contributed by atoms with Gasteiger partial charge in [0.1, 0.15) is 0 Å². The first-order valence-corrected chi connectivity index (χ1v) is 0.926. The molecule has 0 fully saturated rings. The molecule has 12 heteroatoms. The standard InChI is InChI=1S/Cl2O.8H2O.Zr/c1-3-2;;;;;;;;;/h;8*1H2;. The Kier molecular flexibility index (Phi) is 5600. The fraction of sp³-hybridized carbons (Fsp3) is 0. The summed E-state index contributed by atoms with van der Waals surface area (Å²) in [5.41, 5.74) is 0. The SMILES string of the molecule is ClOCl.O.O.O.O.O.O.O.O.[Zr]. The molecule has 0 atom stereocenters. The van der Waals surface area contributed by atoms with Crippen LogP contribution in [0.25, 0.3) is 0 Å². The Labute approximate surface area is 97.5 Å². The van der Waals surface area contributed by atoms with Gasteiger partial charge in [-0.3, -0.25) is 0 Å². The van der Waals surface area contributed by atoms with E-state index in [1.807, 2.05) is 0 Å². The van der Waals surface area contributed by atoms with Gasteiger partial charge < -0.3 is 43.8 Å². The van der Waals surface area contributed by atoms with Crippen LogP contribution in [0.15, 0.2) is 0 Å². The topological polar surface area (TPSA) is 261 Å². The number of halogens is 2. The van der Waals surface area contributed by atoms with Crippen LogP contribution in [0.2, 0.25) is 0 Å². The molecule has 0 heterocycles. The Morgan fingerprint density at radius 1 is 0.500 bits per heavy atom. The Hall–Kier alpha value is 1.10. The van der Waals surface area contributed by atoms with Gasteiger partial charge in [0.25, 0.3) is 0 Å². The maximum atomic E-state index is 4.26. The molecule has 12 heavy (non-hydrogen) atoms.